The first-order valence-corrected chi connectivity index (χ1v) is 9.69. The van der Waals surface area contributed by atoms with E-state index in [1.165, 1.54) is 11.3 Å². The van der Waals surface area contributed by atoms with E-state index in [1.807, 2.05) is 47.5 Å². The number of ether oxygens (including phenoxy) is 2. The van der Waals surface area contributed by atoms with Gasteiger partial charge in [-0.3, -0.25) is 0 Å². The van der Waals surface area contributed by atoms with E-state index in [0.29, 0.717) is 39.5 Å². The maximum Gasteiger partial charge on any atom is 0.408 e. The van der Waals surface area contributed by atoms with Crippen LogP contribution in [0.25, 0.3) is 0 Å². The number of hydrogen-bond donors (Lipinski definition) is 2. The van der Waals surface area contributed by atoms with Crippen LogP contribution in [-0.4, -0.2) is 62.9 Å². The minimum absolute atomic E-state index is 0.0152. The molecule has 2 N–H and O–H groups in total. The number of rotatable bonds is 13. The van der Waals surface area contributed by atoms with Gasteiger partial charge in [0.25, 0.3) is 0 Å². The predicted molar refractivity (Wildman–Crippen MR) is 104 cm³/mol. The maximum absolute atomic E-state index is 8.81. The van der Waals surface area contributed by atoms with Gasteiger partial charge in [0.05, 0.1) is 51.8 Å². The van der Waals surface area contributed by atoms with E-state index in [2.05, 4.69) is 15.1 Å². The van der Waals surface area contributed by atoms with E-state index in [-0.39, 0.29) is 13.2 Å². The molecule has 0 aliphatic carbocycles. The summed E-state index contributed by atoms with van der Waals surface area (Å²) in [5.74, 6) is 0. The molecule has 0 fully saturated rings. The van der Waals surface area contributed by atoms with E-state index in [4.69, 9.17) is 19.7 Å². The number of aliphatic hydroxyl groups excluding tert-OH is 2. The van der Waals surface area contributed by atoms with Gasteiger partial charge in [0, 0.05) is 24.2 Å². The normalized spacial score (nSPS) is 11.4. The number of nitrogens with zero attached hydrogens (tertiary/aromatic N) is 4. The standard InChI is InChI=1S/C18H27N4O4S/c1-21-8-15-27-18(21)20-19-16-2-4-17(5-3-16)22(6-11-25-13-9-23)7-12-26-14-10-24/h2-5,8,15,23-24H,6-7,9-14H2,1H3/q+1. The number of hydrogen-bond acceptors (Lipinski definition) is 8. The highest BCUT2D eigenvalue weighted by Crippen LogP contribution is 2.22. The lowest BCUT2D eigenvalue weighted by atomic mass is 10.2. The van der Waals surface area contributed by atoms with Gasteiger partial charge in [-0.25, -0.2) is 4.57 Å². The van der Waals surface area contributed by atoms with Crippen molar-refractivity contribution in [3.63, 3.8) is 0 Å². The second kappa shape index (κ2) is 12.5. The van der Waals surface area contributed by atoms with Gasteiger partial charge >= 0.3 is 5.13 Å². The average molecular weight is 396 g/mol. The topological polar surface area (TPSA) is 90.8 Å². The average Bonchev–Trinajstić information content (AvgIpc) is 3.10. The van der Waals surface area contributed by atoms with Crippen molar-refractivity contribution in [3.05, 3.63) is 35.8 Å². The molecule has 0 saturated heterocycles. The summed E-state index contributed by atoms with van der Waals surface area (Å²) < 4.78 is 12.7. The Morgan fingerprint density at radius 3 is 2.11 bits per heavy atom. The number of aryl methyl sites for hydroxylation is 1. The molecule has 0 radical (unpaired) electrons. The molecular weight excluding hydrogens is 368 g/mol. The molecule has 2 rings (SSSR count). The molecule has 0 bridgehead atoms. The lowest BCUT2D eigenvalue weighted by molar-refractivity contribution is -0.654. The molecule has 0 aliphatic heterocycles. The molecule has 2 aromatic rings. The van der Waals surface area contributed by atoms with Crippen molar-refractivity contribution in [3.8, 4) is 0 Å². The van der Waals surface area contributed by atoms with Crippen molar-refractivity contribution < 1.29 is 24.3 Å². The number of aliphatic hydroxyl groups is 2. The smallest absolute Gasteiger partial charge is 0.394 e. The second-order valence-corrected chi connectivity index (χ2v) is 6.54. The van der Waals surface area contributed by atoms with E-state index in [1.54, 1.807) is 0 Å². The first-order chi connectivity index (χ1) is 13.2. The van der Waals surface area contributed by atoms with Gasteiger partial charge in [-0.15, -0.1) is 0 Å². The molecule has 1 aromatic carbocycles. The summed E-state index contributed by atoms with van der Waals surface area (Å²) in [5, 5.41) is 29.0. The summed E-state index contributed by atoms with van der Waals surface area (Å²) in [6, 6.07) is 7.81. The van der Waals surface area contributed by atoms with Crippen LogP contribution in [0.5, 0.6) is 0 Å². The Bertz CT molecular complexity index is 666. The highest BCUT2D eigenvalue weighted by atomic mass is 32.1. The molecule has 1 aromatic heterocycles. The monoisotopic (exact) mass is 395 g/mol. The summed E-state index contributed by atoms with van der Waals surface area (Å²) in [4.78, 5) is 2.13. The fraction of sp³-hybridized carbons (Fsp3) is 0.500. The molecular formula is C18H27N4O4S+. The van der Waals surface area contributed by atoms with Crippen LogP contribution in [0.15, 0.2) is 46.1 Å². The van der Waals surface area contributed by atoms with Crippen molar-refractivity contribution in [2.24, 2.45) is 17.3 Å². The molecule has 0 unspecified atom stereocenters. The minimum atomic E-state index is 0.0152. The molecule has 0 amide bonds. The zero-order chi connectivity index (χ0) is 19.3. The van der Waals surface area contributed by atoms with Crippen molar-refractivity contribution in [2.45, 2.75) is 0 Å². The second-order valence-electron chi connectivity index (χ2n) is 5.67. The summed E-state index contributed by atoms with van der Waals surface area (Å²) >= 11 is 1.53. The largest absolute Gasteiger partial charge is 0.408 e. The third kappa shape index (κ3) is 7.69. The predicted octanol–water partition coefficient (Wildman–Crippen LogP) is 1.81. The van der Waals surface area contributed by atoms with Gasteiger partial charge in [0.15, 0.2) is 0 Å². The number of azo groups is 1. The number of thiazole rings is 1. The first kappa shape index (κ1) is 21.4. The van der Waals surface area contributed by atoms with Crippen LogP contribution in [0.4, 0.5) is 16.5 Å². The summed E-state index contributed by atoms with van der Waals surface area (Å²) in [5.41, 5.74) is 1.80. The van der Waals surface area contributed by atoms with Crippen molar-refractivity contribution in [2.75, 3.05) is 57.6 Å². The van der Waals surface area contributed by atoms with Crippen LogP contribution in [-0.2, 0) is 16.5 Å². The van der Waals surface area contributed by atoms with Crippen LogP contribution < -0.4 is 9.47 Å². The minimum Gasteiger partial charge on any atom is -0.394 e. The third-order valence-electron chi connectivity index (χ3n) is 3.71. The van der Waals surface area contributed by atoms with Crippen LogP contribution in [0.3, 0.4) is 0 Å². The van der Waals surface area contributed by atoms with Crippen molar-refractivity contribution in [1.82, 2.24) is 0 Å². The Labute approximate surface area is 163 Å². The van der Waals surface area contributed by atoms with Crippen LogP contribution in [0.1, 0.15) is 0 Å². The van der Waals surface area contributed by atoms with E-state index >= 15 is 0 Å². The van der Waals surface area contributed by atoms with Gasteiger partial charge < -0.3 is 24.6 Å². The van der Waals surface area contributed by atoms with Gasteiger partial charge in [0.2, 0.25) is 0 Å². The lowest BCUT2D eigenvalue weighted by Crippen LogP contribution is -2.31. The highest BCUT2D eigenvalue weighted by Gasteiger charge is 2.09. The van der Waals surface area contributed by atoms with Gasteiger partial charge in [-0.05, 0) is 40.7 Å². The molecule has 0 aliphatic rings. The molecule has 27 heavy (non-hydrogen) atoms. The van der Waals surface area contributed by atoms with Crippen LogP contribution in [0.2, 0.25) is 0 Å². The SMILES string of the molecule is C[n+]1ccsc1/N=N/c1ccc(N(CCOCCO)CCOCCO)cc1. The third-order valence-corrected chi connectivity index (χ3v) is 4.55. The maximum atomic E-state index is 8.81. The fourth-order valence-electron chi connectivity index (χ4n) is 2.31. The molecule has 0 spiro atoms. The highest BCUT2D eigenvalue weighted by molar-refractivity contribution is 7.12. The fourth-order valence-corrected chi connectivity index (χ4v) is 2.99. The summed E-state index contributed by atoms with van der Waals surface area (Å²) in [6.45, 7) is 3.06. The number of aromatic nitrogens is 1. The van der Waals surface area contributed by atoms with Crippen LogP contribution >= 0.6 is 11.3 Å². The number of benzene rings is 1. The molecule has 0 atom stereocenters. The zero-order valence-corrected chi connectivity index (χ0v) is 16.3. The Morgan fingerprint density at radius 1 is 0.963 bits per heavy atom. The molecule has 8 nitrogen and oxygen atoms in total. The Balaban J connectivity index is 1.96. The van der Waals surface area contributed by atoms with Crippen LogP contribution in [0, 0.1) is 0 Å². The zero-order valence-electron chi connectivity index (χ0n) is 15.5. The lowest BCUT2D eigenvalue weighted by Gasteiger charge is -2.24. The van der Waals surface area contributed by atoms with Crippen molar-refractivity contribution in [1.29, 1.82) is 0 Å². The molecule has 148 valence electrons. The summed E-state index contributed by atoms with van der Waals surface area (Å²) in [6.07, 6.45) is 1.94. The molecule has 1 heterocycles. The van der Waals surface area contributed by atoms with Gasteiger partial charge in [0.1, 0.15) is 11.9 Å². The Kier molecular flexibility index (Phi) is 9.88. The van der Waals surface area contributed by atoms with Gasteiger partial charge in [-0.2, -0.15) is 0 Å². The Morgan fingerprint density at radius 2 is 1.59 bits per heavy atom. The summed E-state index contributed by atoms with van der Waals surface area (Å²) in [7, 11) is 1.93. The van der Waals surface area contributed by atoms with Crippen molar-refractivity contribution >= 4 is 27.8 Å². The first-order valence-electron chi connectivity index (χ1n) is 8.81. The van der Waals surface area contributed by atoms with Gasteiger partial charge in [-0.1, -0.05) is 0 Å². The van der Waals surface area contributed by atoms with E-state index < -0.39 is 0 Å². The molecule has 0 saturated carbocycles. The van der Waals surface area contributed by atoms with E-state index in [9.17, 15) is 0 Å². The Hall–Kier alpha value is -1.91. The quantitative estimate of drug-likeness (QED) is 0.307. The molecule has 9 heteroatoms. The van der Waals surface area contributed by atoms with E-state index in [0.717, 1.165) is 16.5 Å². The number of anilines is 1.